The van der Waals surface area contributed by atoms with E-state index in [0.29, 0.717) is 16.3 Å². The molecule has 1 unspecified atom stereocenters. The van der Waals surface area contributed by atoms with Crippen molar-refractivity contribution in [3.63, 3.8) is 0 Å². The van der Waals surface area contributed by atoms with E-state index in [1.165, 1.54) is 6.07 Å². The van der Waals surface area contributed by atoms with Crippen LogP contribution in [0.2, 0.25) is 10.0 Å². The summed E-state index contributed by atoms with van der Waals surface area (Å²) in [6.07, 6.45) is 0. The quantitative estimate of drug-likeness (QED) is 0.642. The number of benzene rings is 2. The summed E-state index contributed by atoms with van der Waals surface area (Å²) in [6.45, 7) is 0. The molecule has 0 N–H and O–H groups in total. The molecule has 0 bridgehead atoms. The maximum Gasteiger partial charge on any atom is 0.146 e. The maximum atomic E-state index is 14.0. The Morgan fingerprint density at radius 2 is 1.89 bits per heavy atom. The maximum absolute atomic E-state index is 14.0. The van der Waals surface area contributed by atoms with Gasteiger partial charge in [0.05, 0.1) is 17.0 Å². The van der Waals surface area contributed by atoms with Gasteiger partial charge < -0.3 is 4.74 Å². The van der Waals surface area contributed by atoms with Gasteiger partial charge in [-0.15, -0.1) is 0 Å². The van der Waals surface area contributed by atoms with Crippen molar-refractivity contribution in [2.45, 2.75) is 4.83 Å². The highest BCUT2D eigenvalue weighted by Crippen LogP contribution is 2.39. The van der Waals surface area contributed by atoms with Crippen molar-refractivity contribution in [1.82, 2.24) is 0 Å². The molecule has 5 heteroatoms. The van der Waals surface area contributed by atoms with E-state index in [-0.39, 0.29) is 9.85 Å². The third-order valence-electron chi connectivity index (χ3n) is 2.72. The third kappa shape index (κ3) is 3.04. The SMILES string of the molecule is COc1ccc(Cl)cc1C(Br)c1cccc(Cl)c1F. The summed E-state index contributed by atoms with van der Waals surface area (Å²) in [7, 11) is 1.56. The molecule has 1 atom stereocenters. The Hall–Kier alpha value is -0.770. The van der Waals surface area contributed by atoms with Crippen molar-refractivity contribution < 1.29 is 9.13 Å². The van der Waals surface area contributed by atoms with Gasteiger partial charge in [0.15, 0.2) is 0 Å². The van der Waals surface area contributed by atoms with Crippen LogP contribution in [0.25, 0.3) is 0 Å². The molecule has 0 fully saturated rings. The summed E-state index contributed by atoms with van der Waals surface area (Å²) in [4.78, 5) is -0.389. The molecule has 0 aliphatic carbocycles. The van der Waals surface area contributed by atoms with E-state index in [0.717, 1.165) is 5.56 Å². The largest absolute Gasteiger partial charge is 0.496 e. The number of rotatable bonds is 3. The van der Waals surface area contributed by atoms with Crippen LogP contribution in [0.15, 0.2) is 36.4 Å². The van der Waals surface area contributed by atoms with Crippen LogP contribution < -0.4 is 4.74 Å². The summed E-state index contributed by atoms with van der Waals surface area (Å²) in [5.74, 6) is 0.179. The Balaban J connectivity index is 2.52. The predicted octanol–water partition coefficient (Wildman–Crippen LogP) is 5.63. The molecule has 2 aromatic carbocycles. The Morgan fingerprint density at radius 1 is 1.16 bits per heavy atom. The molecule has 2 aromatic rings. The highest BCUT2D eigenvalue weighted by atomic mass is 79.9. The first-order valence-corrected chi connectivity index (χ1v) is 7.13. The van der Waals surface area contributed by atoms with Gasteiger partial charge in [-0.3, -0.25) is 0 Å². The van der Waals surface area contributed by atoms with Crippen molar-refractivity contribution in [2.24, 2.45) is 0 Å². The Morgan fingerprint density at radius 3 is 2.58 bits per heavy atom. The van der Waals surface area contributed by atoms with Gasteiger partial charge in [-0.05, 0) is 24.3 Å². The van der Waals surface area contributed by atoms with Crippen LogP contribution >= 0.6 is 39.1 Å². The van der Waals surface area contributed by atoms with Crippen LogP contribution in [0, 0.1) is 5.82 Å². The van der Waals surface area contributed by atoms with Gasteiger partial charge >= 0.3 is 0 Å². The lowest BCUT2D eigenvalue weighted by Crippen LogP contribution is -2.00. The molecule has 19 heavy (non-hydrogen) atoms. The normalized spacial score (nSPS) is 12.3. The molecule has 0 aromatic heterocycles. The van der Waals surface area contributed by atoms with Crippen molar-refractivity contribution in [1.29, 1.82) is 0 Å². The average Bonchev–Trinajstić information content (AvgIpc) is 2.41. The first kappa shape index (κ1) is 14.6. The standard InChI is InChI=1S/C14H10BrCl2FO/c1-19-12-6-5-8(16)7-10(12)13(15)9-3-2-4-11(17)14(9)18/h2-7,13H,1H3. The van der Waals surface area contributed by atoms with Gasteiger partial charge in [0, 0.05) is 16.1 Å². The van der Waals surface area contributed by atoms with Crippen LogP contribution in [-0.4, -0.2) is 7.11 Å². The van der Waals surface area contributed by atoms with Gasteiger partial charge in [0.2, 0.25) is 0 Å². The van der Waals surface area contributed by atoms with Crippen LogP contribution in [-0.2, 0) is 0 Å². The van der Waals surface area contributed by atoms with E-state index in [9.17, 15) is 4.39 Å². The van der Waals surface area contributed by atoms with E-state index in [1.807, 2.05) is 0 Å². The van der Waals surface area contributed by atoms with Crippen molar-refractivity contribution in [2.75, 3.05) is 7.11 Å². The van der Waals surface area contributed by atoms with Crippen LogP contribution in [0.4, 0.5) is 4.39 Å². The predicted molar refractivity (Wildman–Crippen MR) is 80.2 cm³/mol. The second-order valence-electron chi connectivity index (χ2n) is 3.89. The van der Waals surface area contributed by atoms with Crippen molar-refractivity contribution >= 4 is 39.1 Å². The monoisotopic (exact) mass is 362 g/mol. The van der Waals surface area contributed by atoms with Gasteiger partial charge in [-0.1, -0.05) is 51.3 Å². The second-order valence-corrected chi connectivity index (χ2v) is 5.65. The minimum atomic E-state index is -0.451. The molecular weight excluding hydrogens is 354 g/mol. The van der Waals surface area contributed by atoms with Crippen molar-refractivity contribution in [3.05, 3.63) is 63.4 Å². The Labute approximate surface area is 129 Å². The summed E-state index contributed by atoms with van der Waals surface area (Å²) >= 11 is 15.2. The van der Waals surface area contributed by atoms with Gasteiger partial charge in [-0.2, -0.15) is 0 Å². The molecule has 0 aliphatic heterocycles. The number of halogens is 4. The van der Waals surface area contributed by atoms with Gasteiger partial charge in [0.25, 0.3) is 0 Å². The zero-order valence-corrected chi connectivity index (χ0v) is 13.1. The smallest absolute Gasteiger partial charge is 0.146 e. The van der Waals surface area contributed by atoms with E-state index >= 15 is 0 Å². The number of ether oxygens (including phenoxy) is 1. The lowest BCUT2D eigenvalue weighted by atomic mass is 10.0. The summed E-state index contributed by atoms with van der Waals surface area (Å²) in [6, 6.07) is 10.1. The summed E-state index contributed by atoms with van der Waals surface area (Å²) < 4.78 is 19.3. The van der Waals surface area contributed by atoms with E-state index in [4.69, 9.17) is 27.9 Å². The molecule has 0 saturated carbocycles. The first-order valence-electron chi connectivity index (χ1n) is 5.46. The zero-order chi connectivity index (χ0) is 14.0. The molecule has 0 heterocycles. The molecule has 100 valence electrons. The molecule has 2 rings (SSSR count). The highest BCUT2D eigenvalue weighted by Gasteiger charge is 2.20. The fraction of sp³-hybridized carbons (Fsp3) is 0.143. The Bertz CT molecular complexity index is 604. The fourth-order valence-corrected chi connectivity index (χ4v) is 2.86. The van der Waals surface area contributed by atoms with E-state index in [1.54, 1.807) is 37.4 Å². The molecule has 0 saturated heterocycles. The molecule has 1 nitrogen and oxygen atoms in total. The summed E-state index contributed by atoms with van der Waals surface area (Å²) in [5, 5.41) is 0.644. The van der Waals surface area contributed by atoms with Crippen LogP contribution in [0.3, 0.4) is 0 Å². The summed E-state index contributed by atoms with van der Waals surface area (Å²) in [5.41, 5.74) is 1.18. The van der Waals surface area contributed by atoms with Crippen LogP contribution in [0.1, 0.15) is 16.0 Å². The number of hydrogen-bond acceptors (Lipinski definition) is 1. The topological polar surface area (TPSA) is 9.23 Å². The number of alkyl halides is 1. The molecule has 0 spiro atoms. The fourth-order valence-electron chi connectivity index (χ4n) is 1.79. The minimum absolute atomic E-state index is 0.0861. The van der Waals surface area contributed by atoms with Crippen LogP contribution in [0.5, 0.6) is 5.75 Å². The second kappa shape index (κ2) is 6.12. The lowest BCUT2D eigenvalue weighted by Gasteiger charge is -2.16. The molecule has 0 radical (unpaired) electrons. The highest BCUT2D eigenvalue weighted by molar-refractivity contribution is 9.09. The average molecular weight is 364 g/mol. The van der Waals surface area contributed by atoms with Crippen molar-refractivity contribution in [3.8, 4) is 5.75 Å². The molecular formula is C14H10BrCl2FO. The number of hydrogen-bond donors (Lipinski definition) is 0. The molecule has 0 aliphatic rings. The number of methoxy groups -OCH3 is 1. The minimum Gasteiger partial charge on any atom is -0.496 e. The van der Waals surface area contributed by atoms with Gasteiger partial charge in [-0.25, -0.2) is 4.39 Å². The third-order valence-corrected chi connectivity index (χ3v) is 4.23. The molecule has 0 amide bonds. The zero-order valence-electron chi connectivity index (χ0n) is 9.96. The lowest BCUT2D eigenvalue weighted by molar-refractivity contribution is 0.410. The van der Waals surface area contributed by atoms with Gasteiger partial charge in [0.1, 0.15) is 11.6 Å². The van der Waals surface area contributed by atoms with E-state index in [2.05, 4.69) is 15.9 Å². The van der Waals surface area contributed by atoms with E-state index < -0.39 is 5.82 Å². The Kier molecular flexibility index (Phi) is 4.71. The first-order chi connectivity index (χ1) is 9.04.